The molecule has 2 saturated heterocycles. The molecule has 0 saturated carbocycles. The molecule has 0 spiro atoms. The number of piperazine rings is 1. The monoisotopic (exact) mass is 332 g/mol. The Morgan fingerprint density at radius 2 is 2.08 bits per heavy atom. The SMILES string of the molecule is CC(=O)N1CCN(c2cncc(C(=O)NCC3CCCO3)c2)CC1. The van der Waals surface area contributed by atoms with Crippen molar-refractivity contribution in [1.29, 1.82) is 0 Å². The van der Waals surface area contributed by atoms with E-state index in [1.54, 1.807) is 19.3 Å². The first kappa shape index (κ1) is 16.7. The Kier molecular flexibility index (Phi) is 5.30. The van der Waals surface area contributed by atoms with Gasteiger partial charge in [-0.15, -0.1) is 0 Å². The topological polar surface area (TPSA) is 74.8 Å². The molecular formula is C17H24N4O3. The van der Waals surface area contributed by atoms with E-state index in [4.69, 9.17) is 4.74 Å². The average Bonchev–Trinajstić information content (AvgIpc) is 3.13. The van der Waals surface area contributed by atoms with Crippen molar-refractivity contribution in [1.82, 2.24) is 15.2 Å². The summed E-state index contributed by atoms with van der Waals surface area (Å²) in [6, 6.07) is 1.86. The molecule has 7 heteroatoms. The summed E-state index contributed by atoms with van der Waals surface area (Å²) in [6.45, 7) is 5.82. The molecule has 0 radical (unpaired) electrons. The molecule has 3 heterocycles. The second-order valence-corrected chi connectivity index (χ2v) is 6.27. The van der Waals surface area contributed by atoms with E-state index in [-0.39, 0.29) is 17.9 Å². The van der Waals surface area contributed by atoms with Crippen molar-refractivity contribution in [2.24, 2.45) is 0 Å². The van der Waals surface area contributed by atoms with Crippen LogP contribution in [0.5, 0.6) is 0 Å². The number of aromatic nitrogens is 1. The van der Waals surface area contributed by atoms with Crippen LogP contribution in [0.2, 0.25) is 0 Å². The highest BCUT2D eigenvalue weighted by Gasteiger charge is 2.20. The van der Waals surface area contributed by atoms with Crippen LogP contribution in [0.1, 0.15) is 30.1 Å². The molecule has 1 N–H and O–H groups in total. The number of anilines is 1. The highest BCUT2D eigenvalue weighted by molar-refractivity contribution is 5.94. The van der Waals surface area contributed by atoms with Crippen molar-refractivity contribution in [2.45, 2.75) is 25.9 Å². The maximum Gasteiger partial charge on any atom is 0.253 e. The molecule has 1 atom stereocenters. The van der Waals surface area contributed by atoms with Gasteiger partial charge in [0.05, 0.1) is 23.6 Å². The number of nitrogens with zero attached hydrogens (tertiary/aromatic N) is 3. The van der Waals surface area contributed by atoms with Crippen LogP contribution < -0.4 is 10.2 Å². The molecule has 2 aliphatic heterocycles. The number of carbonyl (C=O) groups excluding carboxylic acids is 2. The Hall–Kier alpha value is -2.15. The van der Waals surface area contributed by atoms with Gasteiger partial charge < -0.3 is 19.9 Å². The summed E-state index contributed by atoms with van der Waals surface area (Å²) in [4.78, 5) is 31.9. The molecule has 2 fully saturated rings. The van der Waals surface area contributed by atoms with Crippen molar-refractivity contribution in [3.05, 3.63) is 24.0 Å². The van der Waals surface area contributed by atoms with E-state index >= 15 is 0 Å². The molecule has 3 rings (SSSR count). The number of hydrogen-bond acceptors (Lipinski definition) is 5. The largest absolute Gasteiger partial charge is 0.376 e. The number of pyridine rings is 1. The molecule has 2 amide bonds. The standard InChI is InChI=1S/C17H24N4O3/c1-13(22)20-4-6-21(7-5-20)15-9-14(10-18-11-15)17(23)19-12-16-3-2-8-24-16/h9-11,16H,2-8,12H2,1H3,(H,19,23). The summed E-state index contributed by atoms with van der Waals surface area (Å²) in [6.07, 6.45) is 5.54. The van der Waals surface area contributed by atoms with Crippen LogP contribution in [0.4, 0.5) is 5.69 Å². The molecule has 24 heavy (non-hydrogen) atoms. The van der Waals surface area contributed by atoms with Gasteiger partial charge >= 0.3 is 0 Å². The van der Waals surface area contributed by atoms with Gasteiger partial charge in [-0.25, -0.2) is 0 Å². The van der Waals surface area contributed by atoms with Crippen molar-refractivity contribution in [2.75, 3.05) is 44.2 Å². The number of ether oxygens (including phenoxy) is 1. The maximum atomic E-state index is 12.3. The zero-order valence-corrected chi connectivity index (χ0v) is 14.0. The zero-order valence-electron chi connectivity index (χ0n) is 14.0. The predicted octanol–water partition coefficient (Wildman–Crippen LogP) is 0.659. The Morgan fingerprint density at radius 1 is 1.29 bits per heavy atom. The first-order valence-corrected chi connectivity index (χ1v) is 8.49. The number of carbonyl (C=O) groups is 2. The van der Waals surface area contributed by atoms with Gasteiger partial charge in [0.25, 0.3) is 5.91 Å². The minimum absolute atomic E-state index is 0.107. The van der Waals surface area contributed by atoms with E-state index in [9.17, 15) is 9.59 Å². The molecule has 1 aromatic heterocycles. The molecule has 0 bridgehead atoms. The number of nitrogens with one attached hydrogen (secondary N) is 1. The van der Waals surface area contributed by atoms with Gasteiger partial charge in [0.1, 0.15) is 0 Å². The van der Waals surface area contributed by atoms with Gasteiger partial charge in [0, 0.05) is 52.5 Å². The fourth-order valence-corrected chi connectivity index (χ4v) is 3.12. The molecular weight excluding hydrogens is 308 g/mol. The average molecular weight is 332 g/mol. The second-order valence-electron chi connectivity index (χ2n) is 6.27. The Labute approximate surface area is 142 Å². The Morgan fingerprint density at radius 3 is 2.75 bits per heavy atom. The van der Waals surface area contributed by atoms with Gasteiger partial charge in [-0.05, 0) is 18.9 Å². The number of rotatable bonds is 4. The zero-order chi connectivity index (χ0) is 16.9. The highest BCUT2D eigenvalue weighted by atomic mass is 16.5. The van der Waals surface area contributed by atoms with Crippen molar-refractivity contribution in [3.63, 3.8) is 0 Å². The lowest BCUT2D eigenvalue weighted by atomic mass is 10.2. The van der Waals surface area contributed by atoms with Crippen molar-refractivity contribution in [3.8, 4) is 0 Å². The molecule has 0 aromatic carbocycles. The Bertz CT molecular complexity index is 593. The smallest absolute Gasteiger partial charge is 0.253 e. The van der Waals surface area contributed by atoms with Gasteiger partial charge in [-0.3, -0.25) is 14.6 Å². The van der Waals surface area contributed by atoms with Crippen LogP contribution in [0.25, 0.3) is 0 Å². The van der Waals surface area contributed by atoms with Gasteiger partial charge in [-0.1, -0.05) is 0 Å². The summed E-state index contributed by atoms with van der Waals surface area (Å²) < 4.78 is 5.52. The van der Waals surface area contributed by atoms with E-state index in [1.807, 2.05) is 11.0 Å². The van der Waals surface area contributed by atoms with E-state index in [1.165, 1.54) is 0 Å². The van der Waals surface area contributed by atoms with E-state index in [2.05, 4.69) is 15.2 Å². The third-order valence-corrected chi connectivity index (χ3v) is 4.59. The molecule has 1 unspecified atom stereocenters. The van der Waals surface area contributed by atoms with E-state index in [0.717, 1.165) is 38.2 Å². The van der Waals surface area contributed by atoms with Crippen molar-refractivity contribution >= 4 is 17.5 Å². The number of amides is 2. The minimum atomic E-state index is -0.123. The van der Waals surface area contributed by atoms with Gasteiger partial charge in [0.2, 0.25) is 5.91 Å². The predicted molar refractivity (Wildman–Crippen MR) is 90.0 cm³/mol. The van der Waals surface area contributed by atoms with Crippen LogP contribution in [0, 0.1) is 0 Å². The fourth-order valence-electron chi connectivity index (χ4n) is 3.12. The molecule has 1 aromatic rings. The molecule has 2 aliphatic rings. The lowest BCUT2D eigenvalue weighted by Gasteiger charge is -2.35. The highest BCUT2D eigenvalue weighted by Crippen LogP contribution is 2.17. The third kappa shape index (κ3) is 4.03. The van der Waals surface area contributed by atoms with Crippen LogP contribution in [0.3, 0.4) is 0 Å². The summed E-state index contributed by atoms with van der Waals surface area (Å²) in [7, 11) is 0. The van der Waals surface area contributed by atoms with Crippen LogP contribution in [-0.4, -0.2) is 67.1 Å². The van der Waals surface area contributed by atoms with Crippen LogP contribution >= 0.6 is 0 Å². The van der Waals surface area contributed by atoms with E-state index in [0.29, 0.717) is 25.2 Å². The summed E-state index contributed by atoms with van der Waals surface area (Å²) >= 11 is 0. The molecule has 7 nitrogen and oxygen atoms in total. The van der Waals surface area contributed by atoms with Gasteiger partial charge in [-0.2, -0.15) is 0 Å². The second kappa shape index (κ2) is 7.61. The Balaban J connectivity index is 1.57. The normalized spacial score (nSPS) is 21.0. The lowest BCUT2D eigenvalue weighted by molar-refractivity contribution is -0.129. The molecule has 130 valence electrons. The minimum Gasteiger partial charge on any atom is -0.376 e. The van der Waals surface area contributed by atoms with E-state index < -0.39 is 0 Å². The third-order valence-electron chi connectivity index (χ3n) is 4.59. The first-order valence-electron chi connectivity index (χ1n) is 8.49. The first-order chi connectivity index (χ1) is 11.6. The van der Waals surface area contributed by atoms with Crippen LogP contribution in [-0.2, 0) is 9.53 Å². The number of hydrogen-bond donors (Lipinski definition) is 1. The maximum absolute atomic E-state index is 12.3. The van der Waals surface area contributed by atoms with Crippen molar-refractivity contribution < 1.29 is 14.3 Å². The van der Waals surface area contributed by atoms with Gasteiger partial charge in [0.15, 0.2) is 0 Å². The summed E-state index contributed by atoms with van der Waals surface area (Å²) in [5.74, 6) is -0.0164. The lowest BCUT2D eigenvalue weighted by Crippen LogP contribution is -2.48. The summed E-state index contributed by atoms with van der Waals surface area (Å²) in [5, 5.41) is 2.92. The van der Waals surface area contributed by atoms with Crippen LogP contribution in [0.15, 0.2) is 18.5 Å². The summed E-state index contributed by atoms with van der Waals surface area (Å²) in [5.41, 5.74) is 1.47. The molecule has 0 aliphatic carbocycles. The quantitative estimate of drug-likeness (QED) is 0.877. The fraction of sp³-hybridized carbons (Fsp3) is 0.588.